The van der Waals surface area contributed by atoms with Crippen molar-refractivity contribution in [3.63, 3.8) is 0 Å². The second kappa shape index (κ2) is 18.7. The Labute approximate surface area is 138 Å². The van der Waals surface area contributed by atoms with Gasteiger partial charge in [0.2, 0.25) is 0 Å². The van der Waals surface area contributed by atoms with E-state index in [1.165, 1.54) is 0 Å². The zero-order valence-electron chi connectivity index (χ0n) is 9.70. The number of hydrogen-bond acceptors (Lipinski definition) is 5. The van der Waals surface area contributed by atoms with Crippen LogP contribution >= 0.6 is 0 Å². The van der Waals surface area contributed by atoms with E-state index in [1.807, 2.05) is 0 Å². The third-order valence-electron chi connectivity index (χ3n) is 1.61. The van der Waals surface area contributed by atoms with Gasteiger partial charge in [0.1, 0.15) is 0 Å². The fraction of sp³-hybridized carbons (Fsp3) is 1.00. The second-order valence-corrected chi connectivity index (χ2v) is 2.82. The number of methoxy groups -OCH3 is 2. The Morgan fingerprint density at radius 2 is 0.750 bits per heavy atom. The molecule has 0 amide bonds. The topological polar surface area (TPSA) is 46.2 Å². The summed E-state index contributed by atoms with van der Waals surface area (Å²) in [6.45, 7) is 4.87. The van der Waals surface area contributed by atoms with Crippen LogP contribution < -0.4 is 0 Å². The van der Waals surface area contributed by atoms with Crippen molar-refractivity contribution in [2.24, 2.45) is 0 Å². The van der Waals surface area contributed by atoms with Crippen molar-refractivity contribution in [1.82, 2.24) is 0 Å². The Morgan fingerprint density at radius 3 is 1.00 bits per heavy atom. The molecule has 0 fully saturated rings. The van der Waals surface area contributed by atoms with Gasteiger partial charge in [-0.15, -0.1) is 0 Å². The standard InChI is InChI=1S/C10H22O5.Ba.2H/c1-11-3-5-13-7-9-15-10-8-14-6-4-12-2;;;/h3-10H2,1-2H3;;;. The summed E-state index contributed by atoms with van der Waals surface area (Å²) in [4.78, 5) is 0. The minimum absolute atomic E-state index is 0. The molecule has 96 valence electrons. The number of ether oxygens (including phenoxy) is 5. The van der Waals surface area contributed by atoms with Crippen LogP contribution in [0.2, 0.25) is 0 Å². The van der Waals surface area contributed by atoms with Crippen LogP contribution in [0.1, 0.15) is 0 Å². The van der Waals surface area contributed by atoms with Gasteiger partial charge in [-0.2, -0.15) is 0 Å². The molecule has 0 aromatic rings. The molecular formula is C10H24BaO5. The Morgan fingerprint density at radius 1 is 0.500 bits per heavy atom. The van der Waals surface area contributed by atoms with Crippen LogP contribution in [0.15, 0.2) is 0 Å². The van der Waals surface area contributed by atoms with Crippen LogP contribution in [-0.2, 0) is 23.7 Å². The molecule has 0 aliphatic heterocycles. The number of rotatable bonds is 12. The summed E-state index contributed by atoms with van der Waals surface area (Å²) in [6.07, 6.45) is 0. The van der Waals surface area contributed by atoms with E-state index >= 15 is 0 Å². The van der Waals surface area contributed by atoms with E-state index in [2.05, 4.69) is 0 Å². The number of hydrogen-bond donors (Lipinski definition) is 0. The molecule has 0 saturated carbocycles. The maximum absolute atomic E-state index is 5.26. The third kappa shape index (κ3) is 17.8. The van der Waals surface area contributed by atoms with Gasteiger partial charge in [0.15, 0.2) is 0 Å². The predicted octanol–water partition coefficient (Wildman–Crippen LogP) is -0.587. The monoisotopic (exact) mass is 362 g/mol. The maximum atomic E-state index is 5.26. The molecule has 0 N–H and O–H groups in total. The summed E-state index contributed by atoms with van der Waals surface area (Å²) < 4.78 is 25.3. The van der Waals surface area contributed by atoms with Crippen molar-refractivity contribution in [1.29, 1.82) is 0 Å². The molecule has 16 heavy (non-hydrogen) atoms. The van der Waals surface area contributed by atoms with Crippen LogP contribution in [0.4, 0.5) is 0 Å². The summed E-state index contributed by atoms with van der Waals surface area (Å²) in [6, 6.07) is 0. The summed E-state index contributed by atoms with van der Waals surface area (Å²) in [5, 5.41) is 0. The first-order valence-corrected chi connectivity index (χ1v) is 5.13. The van der Waals surface area contributed by atoms with Crippen molar-refractivity contribution >= 4 is 48.9 Å². The SMILES string of the molecule is COCCOCCOCCOCCOC.[BaH2]. The quantitative estimate of drug-likeness (QED) is 0.344. The summed E-state index contributed by atoms with van der Waals surface area (Å²) in [5.74, 6) is 0. The van der Waals surface area contributed by atoms with Gasteiger partial charge in [0.25, 0.3) is 0 Å². The fourth-order valence-corrected chi connectivity index (χ4v) is 0.826. The first-order valence-electron chi connectivity index (χ1n) is 5.13. The van der Waals surface area contributed by atoms with Crippen LogP contribution in [0.25, 0.3) is 0 Å². The van der Waals surface area contributed by atoms with Crippen LogP contribution in [0.3, 0.4) is 0 Å². The molecule has 0 aromatic heterocycles. The average molecular weight is 362 g/mol. The van der Waals surface area contributed by atoms with E-state index in [4.69, 9.17) is 23.7 Å². The fourth-order valence-electron chi connectivity index (χ4n) is 0.826. The zero-order chi connectivity index (χ0) is 11.2. The van der Waals surface area contributed by atoms with Gasteiger partial charge >= 0.3 is 48.9 Å². The van der Waals surface area contributed by atoms with E-state index in [1.54, 1.807) is 14.2 Å². The summed E-state index contributed by atoms with van der Waals surface area (Å²) in [5.41, 5.74) is 0. The van der Waals surface area contributed by atoms with E-state index < -0.39 is 0 Å². The Balaban J connectivity index is 0. The van der Waals surface area contributed by atoms with Crippen molar-refractivity contribution in [3.8, 4) is 0 Å². The predicted molar refractivity (Wildman–Crippen MR) is 64.8 cm³/mol. The van der Waals surface area contributed by atoms with E-state index in [0.29, 0.717) is 52.9 Å². The average Bonchev–Trinajstić information content (AvgIpc) is 2.26. The van der Waals surface area contributed by atoms with E-state index in [-0.39, 0.29) is 48.9 Å². The van der Waals surface area contributed by atoms with Gasteiger partial charge in [0.05, 0.1) is 52.9 Å². The summed E-state index contributed by atoms with van der Waals surface area (Å²) >= 11 is 0. The molecule has 0 heterocycles. The first kappa shape index (κ1) is 19.7. The van der Waals surface area contributed by atoms with Crippen molar-refractivity contribution in [2.45, 2.75) is 0 Å². The Hall–Kier alpha value is 1.37. The first-order chi connectivity index (χ1) is 7.41. The van der Waals surface area contributed by atoms with Gasteiger partial charge < -0.3 is 23.7 Å². The molecule has 0 spiro atoms. The third-order valence-corrected chi connectivity index (χ3v) is 1.61. The molecule has 0 unspecified atom stereocenters. The normalized spacial score (nSPS) is 10.1. The van der Waals surface area contributed by atoms with Gasteiger partial charge in [0, 0.05) is 14.2 Å². The molecule has 0 aromatic carbocycles. The van der Waals surface area contributed by atoms with Crippen LogP contribution in [0, 0.1) is 0 Å². The second-order valence-electron chi connectivity index (χ2n) is 2.82. The Kier molecular flexibility index (Phi) is 23.1. The van der Waals surface area contributed by atoms with Crippen molar-refractivity contribution in [2.75, 3.05) is 67.1 Å². The Bertz CT molecular complexity index is 103. The van der Waals surface area contributed by atoms with E-state index in [0.717, 1.165) is 0 Å². The van der Waals surface area contributed by atoms with Gasteiger partial charge in [-0.05, 0) is 0 Å². The molecule has 0 aliphatic carbocycles. The van der Waals surface area contributed by atoms with Crippen LogP contribution in [0.5, 0.6) is 0 Å². The summed E-state index contributed by atoms with van der Waals surface area (Å²) in [7, 11) is 3.30. The molecule has 5 nitrogen and oxygen atoms in total. The zero-order valence-corrected chi connectivity index (χ0v) is 9.70. The molecule has 6 heteroatoms. The van der Waals surface area contributed by atoms with Gasteiger partial charge in [-0.1, -0.05) is 0 Å². The minimum atomic E-state index is 0. The molecule has 0 atom stereocenters. The van der Waals surface area contributed by atoms with Crippen LogP contribution in [-0.4, -0.2) is 116 Å². The molecular weight excluding hydrogens is 337 g/mol. The van der Waals surface area contributed by atoms with Gasteiger partial charge in [-0.3, -0.25) is 0 Å². The van der Waals surface area contributed by atoms with Crippen molar-refractivity contribution in [3.05, 3.63) is 0 Å². The molecule has 0 rings (SSSR count). The van der Waals surface area contributed by atoms with E-state index in [9.17, 15) is 0 Å². The molecule has 0 bridgehead atoms. The molecule has 0 saturated heterocycles. The van der Waals surface area contributed by atoms with Gasteiger partial charge in [-0.25, -0.2) is 0 Å². The molecule has 0 radical (unpaired) electrons. The van der Waals surface area contributed by atoms with Crippen molar-refractivity contribution < 1.29 is 23.7 Å². The molecule has 0 aliphatic rings.